The van der Waals surface area contributed by atoms with Crippen LogP contribution in [0.4, 0.5) is 0 Å². The molecule has 2 unspecified atom stereocenters. The third-order valence-corrected chi connectivity index (χ3v) is 7.16. The van der Waals surface area contributed by atoms with Crippen LogP contribution in [0.1, 0.15) is 57.3 Å². The molecule has 0 aliphatic heterocycles. The van der Waals surface area contributed by atoms with Gasteiger partial charge in [0, 0.05) is 26.2 Å². The van der Waals surface area contributed by atoms with Gasteiger partial charge in [-0.05, 0) is 62.6 Å². The largest absolute Gasteiger partial charge is 0.504 e. The van der Waals surface area contributed by atoms with Crippen LogP contribution in [-0.2, 0) is 4.79 Å². The minimum absolute atomic E-state index is 0.0457. The second-order valence-electron chi connectivity index (χ2n) is 10.6. The number of carbonyl (C=O) groups excluding carboxylic acids is 4. The molecule has 47 heavy (non-hydrogen) atoms. The van der Waals surface area contributed by atoms with Crippen LogP contribution < -0.4 is 16.0 Å². The SMILES string of the molecule is CC(O)C(NC(=O)c1cccc(O)c1O)C(=O)N(CCCCNC(=O)c1cccc(O)c1O)CCCNC(=O)c1cccc(O)c1O. The summed E-state index contributed by atoms with van der Waals surface area (Å²) in [5, 5.41) is 77.0. The monoisotopic (exact) mass is 654 g/mol. The van der Waals surface area contributed by atoms with Crippen molar-refractivity contribution in [2.75, 3.05) is 26.2 Å². The number of phenolic OH excluding ortho intramolecular Hbond substituents is 6. The van der Waals surface area contributed by atoms with Crippen LogP contribution in [0, 0.1) is 0 Å². The minimum atomic E-state index is -1.46. The van der Waals surface area contributed by atoms with E-state index in [0.717, 1.165) is 0 Å². The van der Waals surface area contributed by atoms with Gasteiger partial charge in [-0.3, -0.25) is 19.2 Å². The highest BCUT2D eigenvalue weighted by Crippen LogP contribution is 2.29. The third kappa shape index (κ3) is 9.40. The predicted molar refractivity (Wildman–Crippen MR) is 167 cm³/mol. The van der Waals surface area contributed by atoms with Crippen LogP contribution in [0.15, 0.2) is 54.6 Å². The molecular formula is C32H38N4O11. The van der Waals surface area contributed by atoms with E-state index in [-0.39, 0.29) is 49.3 Å². The summed E-state index contributed by atoms with van der Waals surface area (Å²) in [6, 6.07) is 10.2. The zero-order chi connectivity index (χ0) is 34.7. The van der Waals surface area contributed by atoms with E-state index in [9.17, 15) is 54.9 Å². The fourth-order valence-electron chi connectivity index (χ4n) is 4.57. The Morgan fingerprint density at radius 3 is 1.47 bits per heavy atom. The fraction of sp³-hybridized carbons (Fsp3) is 0.312. The lowest BCUT2D eigenvalue weighted by atomic mass is 10.1. The normalized spacial score (nSPS) is 12.0. The molecule has 0 saturated carbocycles. The highest BCUT2D eigenvalue weighted by atomic mass is 16.3. The van der Waals surface area contributed by atoms with Crippen LogP contribution in [0.5, 0.6) is 34.5 Å². The van der Waals surface area contributed by atoms with Gasteiger partial charge < -0.3 is 56.6 Å². The van der Waals surface area contributed by atoms with Crippen LogP contribution in [0.2, 0.25) is 0 Å². The van der Waals surface area contributed by atoms with Crippen molar-refractivity contribution in [1.29, 1.82) is 0 Å². The van der Waals surface area contributed by atoms with E-state index in [1.807, 2.05) is 0 Å². The molecule has 15 heteroatoms. The molecule has 3 aromatic carbocycles. The van der Waals surface area contributed by atoms with E-state index < -0.39 is 70.3 Å². The Balaban J connectivity index is 1.66. The van der Waals surface area contributed by atoms with Crippen molar-refractivity contribution < 1.29 is 54.9 Å². The second-order valence-corrected chi connectivity index (χ2v) is 10.6. The Kier molecular flexibility index (Phi) is 12.6. The number of amides is 4. The highest BCUT2D eigenvalue weighted by Gasteiger charge is 2.31. The Bertz CT molecular complexity index is 1600. The first-order valence-electron chi connectivity index (χ1n) is 14.7. The van der Waals surface area contributed by atoms with E-state index in [1.165, 1.54) is 66.4 Å². The molecule has 0 radical (unpaired) electrons. The van der Waals surface area contributed by atoms with Crippen molar-refractivity contribution in [2.45, 2.75) is 38.3 Å². The standard InChI is InChI=1S/C32H38N4O11/c1-18(37)25(35-31(46)21-10-6-13-24(40)28(21)43)32(47)36(17-7-15-34-30(45)20-9-5-12-23(39)27(20)42)16-3-2-14-33-29(44)19-8-4-11-22(38)26(19)41/h4-6,8-13,18,25,37-43H,2-3,7,14-17H2,1H3,(H,33,44)(H,34,45)(H,35,46). The van der Waals surface area contributed by atoms with Crippen LogP contribution >= 0.6 is 0 Å². The number of phenols is 6. The zero-order valence-electron chi connectivity index (χ0n) is 25.5. The van der Waals surface area contributed by atoms with Gasteiger partial charge in [0.25, 0.3) is 17.7 Å². The van der Waals surface area contributed by atoms with Gasteiger partial charge in [-0.15, -0.1) is 0 Å². The van der Waals surface area contributed by atoms with Gasteiger partial charge in [-0.1, -0.05) is 18.2 Å². The Morgan fingerprint density at radius 2 is 1.02 bits per heavy atom. The number of hydrogen-bond acceptors (Lipinski definition) is 11. The van der Waals surface area contributed by atoms with Crippen molar-refractivity contribution in [1.82, 2.24) is 20.9 Å². The molecule has 0 spiro atoms. The van der Waals surface area contributed by atoms with Gasteiger partial charge in [0.1, 0.15) is 6.04 Å². The van der Waals surface area contributed by atoms with Crippen molar-refractivity contribution in [3.63, 3.8) is 0 Å². The van der Waals surface area contributed by atoms with Crippen molar-refractivity contribution in [3.05, 3.63) is 71.3 Å². The molecule has 3 aromatic rings. The number of nitrogens with zero attached hydrogens (tertiary/aromatic N) is 1. The Morgan fingerprint density at radius 1 is 0.617 bits per heavy atom. The van der Waals surface area contributed by atoms with Crippen molar-refractivity contribution in [3.8, 4) is 34.5 Å². The molecule has 0 aliphatic rings. The van der Waals surface area contributed by atoms with Crippen molar-refractivity contribution >= 4 is 23.6 Å². The first-order chi connectivity index (χ1) is 22.3. The number of para-hydroxylation sites is 3. The summed E-state index contributed by atoms with van der Waals surface area (Å²) in [6.07, 6.45) is -0.463. The predicted octanol–water partition coefficient (Wildman–Crippen LogP) is 1.26. The van der Waals surface area contributed by atoms with E-state index in [2.05, 4.69) is 16.0 Å². The summed E-state index contributed by atoms with van der Waals surface area (Å²) in [6.45, 7) is 1.63. The van der Waals surface area contributed by atoms with Crippen molar-refractivity contribution in [2.24, 2.45) is 0 Å². The third-order valence-electron chi connectivity index (χ3n) is 7.16. The maximum Gasteiger partial charge on any atom is 0.255 e. The Hall–Kier alpha value is -5.70. The molecule has 4 amide bonds. The fourth-order valence-corrected chi connectivity index (χ4v) is 4.57. The quantitative estimate of drug-likeness (QED) is 0.0825. The molecule has 0 heterocycles. The summed E-state index contributed by atoms with van der Waals surface area (Å²) in [5.74, 6) is -6.18. The topological polar surface area (TPSA) is 249 Å². The van der Waals surface area contributed by atoms with E-state index >= 15 is 0 Å². The smallest absolute Gasteiger partial charge is 0.255 e. The number of aliphatic hydroxyl groups is 1. The molecule has 3 rings (SSSR count). The summed E-state index contributed by atoms with van der Waals surface area (Å²) in [4.78, 5) is 52.8. The van der Waals surface area contributed by atoms with Crippen LogP contribution in [-0.4, -0.2) is 103 Å². The molecule has 0 bridgehead atoms. The maximum atomic E-state index is 13.6. The number of hydrogen-bond donors (Lipinski definition) is 10. The van der Waals surface area contributed by atoms with Gasteiger partial charge in [0.15, 0.2) is 34.5 Å². The van der Waals surface area contributed by atoms with E-state index in [0.29, 0.717) is 12.8 Å². The summed E-state index contributed by atoms with van der Waals surface area (Å²) < 4.78 is 0. The number of nitrogens with one attached hydrogen (secondary N) is 3. The second kappa shape index (κ2) is 16.6. The minimum Gasteiger partial charge on any atom is -0.504 e. The molecule has 252 valence electrons. The summed E-state index contributed by atoms with van der Waals surface area (Å²) in [7, 11) is 0. The first-order valence-corrected chi connectivity index (χ1v) is 14.7. The Labute approximate surface area is 269 Å². The number of benzene rings is 3. The van der Waals surface area contributed by atoms with Gasteiger partial charge in [-0.2, -0.15) is 0 Å². The van der Waals surface area contributed by atoms with E-state index in [1.54, 1.807) is 0 Å². The number of aromatic hydroxyl groups is 6. The summed E-state index contributed by atoms with van der Waals surface area (Å²) in [5.41, 5.74) is -0.580. The van der Waals surface area contributed by atoms with E-state index in [4.69, 9.17) is 0 Å². The van der Waals surface area contributed by atoms with Gasteiger partial charge in [0.2, 0.25) is 5.91 Å². The number of aliphatic hydroxyl groups excluding tert-OH is 1. The molecular weight excluding hydrogens is 616 g/mol. The number of unbranched alkanes of at least 4 members (excludes halogenated alkanes) is 1. The number of carbonyl (C=O) groups is 4. The molecule has 10 N–H and O–H groups in total. The molecule has 15 nitrogen and oxygen atoms in total. The summed E-state index contributed by atoms with van der Waals surface area (Å²) >= 11 is 0. The first kappa shape index (κ1) is 35.8. The maximum absolute atomic E-state index is 13.6. The highest BCUT2D eigenvalue weighted by molar-refractivity contribution is 6.00. The number of rotatable bonds is 15. The lowest BCUT2D eigenvalue weighted by Crippen LogP contribution is -2.54. The van der Waals surface area contributed by atoms with Gasteiger partial charge in [-0.25, -0.2) is 0 Å². The van der Waals surface area contributed by atoms with Crippen LogP contribution in [0.25, 0.3) is 0 Å². The van der Waals surface area contributed by atoms with Gasteiger partial charge >= 0.3 is 0 Å². The average molecular weight is 655 g/mol. The zero-order valence-corrected chi connectivity index (χ0v) is 25.5. The average Bonchev–Trinajstić information content (AvgIpc) is 3.03. The van der Waals surface area contributed by atoms with Gasteiger partial charge in [0.05, 0.1) is 22.8 Å². The molecule has 0 aliphatic carbocycles. The molecule has 0 fully saturated rings. The lowest BCUT2D eigenvalue weighted by Gasteiger charge is -2.29. The molecule has 0 aromatic heterocycles. The molecule has 0 saturated heterocycles. The lowest BCUT2D eigenvalue weighted by molar-refractivity contribution is -0.136. The molecule has 2 atom stereocenters. The van der Waals surface area contributed by atoms with Crippen LogP contribution in [0.3, 0.4) is 0 Å².